The van der Waals surface area contributed by atoms with Crippen LogP contribution in [0, 0.1) is 12.8 Å². The molecule has 36 heavy (non-hydrogen) atoms. The zero-order valence-electron chi connectivity index (χ0n) is 21.2. The third kappa shape index (κ3) is 9.14. The molecule has 0 radical (unpaired) electrons. The number of carbonyl (C=O) groups excluding carboxylic acids is 2. The quantitative estimate of drug-likeness (QED) is 0.276. The van der Waals surface area contributed by atoms with Crippen LogP contribution in [0.5, 0.6) is 0 Å². The van der Waals surface area contributed by atoms with Gasteiger partial charge in [-0.1, -0.05) is 102 Å². The molecule has 0 saturated heterocycles. The number of halogens is 1. The van der Waals surface area contributed by atoms with E-state index in [-0.39, 0.29) is 11.8 Å². The molecule has 3 aromatic rings. The molecule has 0 heterocycles. The first kappa shape index (κ1) is 28.0. The van der Waals surface area contributed by atoms with Crippen LogP contribution < -0.4 is 5.32 Å². The number of nitrogens with one attached hydrogen (secondary N) is 1. The van der Waals surface area contributed by atoms with Gasteiger partial charge in [0.1, 0.15) is 6.04 Å². The van der Waals surface area contributed by atoms with Crippen molar-refractivity contribution in [3.63, 3.8) is 0 Å². The maximum absolute atomic E-state index is 13.7. The van der Waals surface area contributed by atoms with Crippen LogP contribution >= 0.6 is 27.7 Å². The number of rotatable bonds is 12. The second-order valence-corrected chi connectivity index (χ2v) is 11.4. The number of amides is 2. The van der Waals surface area contributed by atoms with E-state index in [4.69, 9.17) is 0 Å². The molecule has 1 N–H and O–H groups in total. The fourth-order valence-corrected chi connectivity index (χ4v) is 5.15. The van der Waals surface area contributed by atoms with Gasteiger partial charge in [0.05, 0.1) is 5.75 Å². The summed E-state index contributed by atoms with van der Waals surface area (Å²) in [4.78, 5) is 28.9. The van der Waals surface area contributed by atoms with Gasteiger partial charge < -0.3 is 10.2 Å². The third-order valence-corrected chi connectivity index (χ3v) is 7.29. The van der Waals surface area contributed by atoms with E-state index in [1.165, 1.54) is 11.1 Å². The predicted octanol–water partition coefficient (Wildman–Crippen LogP) is 6.40. The van der Waals surface area contributed by atoms with E-state index in [2.05, 4.69) is 66.3 Å². The Labute approximate surface area is 228 Å². The number of nitrogens with zero attached hydrogens (tertiary/aromatic N) is 1. The summed E-state index contributed by atoms with van der Waals surface area (Å²) in [5.41, 5.74) is 4.42. The van der Waals surface area contributed by atoms with E-state index in [1.54, 1.807) is 16.7 Å². The first-order valence-electron chi connectivity index (χ1n) is 12.3. The molecule has 0 fully saturated rings. The van der Waals surface area contributed by atoms with Crippen LogP contribution in [-0.4, -0.2) is 35.1 Å². The molecule has 1 unspecified atom stereocenters. The average molecular weight is 568 g/mol. The Morgan fingerprint density at radius 2 is 1.61 bits per heavy atom. The van der Waals surface area contributed by atoms with Gasteiger partial charge in [0.15, 0.2) is 0 Å². The maximum Gasteiger partial charge on any atom is 0.243 e. The second-order valence-electron chi connectivity index (χ2n) is 9.47. The van der Waals surface area contributed by atoms with Crippen LogP contribution in [0.15, 0.2) is 83.3 Å². The Kier molecular flexibility index (Phi) is 11.1. The van der Waals surface area contributed by atoms with Crippen molar-refractivity contribution >= 4 is 39.5 Å². The van der Waals surface area contributed by atoms with Crippen LogP contribution in [0.25, 0.3) is 0 Å². The monoisotopic (exact) mass is 566 g/mol. The molecule has 0 aliphatic rings. The van der Waals surface area contributed by atoms with Gasteiger partial charge in [-0.25, -0.2) is 0 Å². The fraction of sp³-hybridized carbons (Fsp3) is 0.333. The molecule has 0 saturated carbocycles. The van der Waals surface area contributed by atoms with Crippen LogP contribution in [0.1, 0.15) is 36.1 Å². The number of carbonyl (C=O) groups is 2. The van der Waals surface area contributed by atoms with Crippen LogP contribution in [0.3, 0.4) is 0 Å². The summed E-state index contributed by atoms with van der Waals surface area (Å²) in [6, 6.07) is 25.6. The van der Waals surface area contributed by atoms with Gasteiger partial charge in [0.2, 0.25) is 11.8 Å². The highest BCUT2D eigenvalue weighted by Gasteiger charge is 2.30. The number of benzene rings is 3. The lowest BCUT2D eigenvalue weighted by Gasteiger charge is -2.32. The molecule has 3 aromatic carbocycles. The molecule has 0 aliphatic heterocycles. The van der Waals surface area contributed by atoms with Crippen LogP contribution in [0.2, 0.25) is 0 Å². The summed E-state index contributed by atoms with van der Waals surface area (Å²) in [6.07, 6.45) is 0.465. The lowest BCUT2D eigenvalue weighted by molar-refractivity contribution is -0.139. The van der Waals surface area contributed by atoms with E-state index in [0.717, 1.165) is 21.4 Å². The van der Waals surface area contributed by atoms with Gasteiger partial charge >= 0.3 is 0 Å². The van der Waals surface area contributed by atoms with Crippen molar-refractivity contribution in [2.24, 2.45) is 5.92 Å². The summed E-state index contributed by atoms with van der Waals surface area (Å²) in [5.74, 6) is 1.24. The minimum absolute atomic E-state index is 0.0345. The van der Waals surface area contributed by atoms with Crippen molar-refractivity contribution in [2.45, 2.75) is 45.5 Å². The number of hydrogen-bond donors (Lipinski definition) is 1. The molecule has 3 rings (SSSR count). The summed E-state index contributed by atoms with van der Waals surface area (Å²) in [7, 11) is 0. The second kappa shape index (κ2) is 14.2. The highest BCUT2D eigenvalue weighted by atomic mass is 79.9. The first-order valence-corrected chi connectivity index (χ1v) is 14.3. The van der Waals surface area contributed by atoms with Gasteiger partial charge in [0, 0.05) is 29.7 Å². The van der Waals surface area contributed by atoms with Crippen molar-refractivity contribution in [3.8, 4) is 0 Å². The molecule has 0 bridgehead atoms. The van der Waals surface area contributed by atoms with Gasteiger partial charge in [-0.2, -0.15) is 0 Å². The lowest BCUT2D eigenvalue weighted by Crippen LogP contribution is -2.51. The topological polar surface area (TPSA) is 49.4 Å². The number of aryl methyl sites for hydroxylation is 1. The first-order chi connectivity index (χ1) is 17.3. The smallest absolute Gasteiger partial charge is 0.243 e. The summed E-state index contributed by atoms with van der Waals surface area (Å²) >= 11 is 5.12. The van der Waals surface area contributed by atoms with E-state index in [1.807, 2.05) is 54.6 Å². The van der Waals surface area contributed by atoms with Crippen molar-refractivity contribution < 1.29 is 9.59 Å². The SMILES string of the molecule is Cc1ccc(CSCC(=O)N(Cc2cccc(Br)c2)C(Cc2ccccc2)C(=O)NCC(C)C)cc1. The Morgan fingerprint density at radius 1 is 0.917 bits per heavy atom. The van der Waals surface area contributed by atoms with Crippen molar-refractivity contribution in [1.82, 2.24) is 10.2 Å². The molecule has 190 valence electrons. The standard InChI is InChI=1S/C30H35BrN2O2S/c1-22(2)18-32-30(35)28(17-24-8-5-4-6-9-24)33(19-26-10-7-11-27(31)16-26)29(34)21-36-20-25-14-12-23(3)13-15-25/h4-16,22,28H,17-21H2,1-3H3,(H,32,35). The molecule has 0 spiro atoms. The largest absolute Gasteiger partial charge is 0.354 e. The molecule has 2 amide bonds. The third-order valence-electron chi connectivity index (χ3n) is 5.81. The molecule has 0 aromatic heterocycles. The zero-order chi connectivity index (χ0) is 25.9. The van der Waals surface area contributed by atoms with Gasteiger partial charge in [-0.05, 0) is 41.7 Å². The van der Waals surface area contributed by atoms with E-state index in [0.29, 0.717) is 31.2 Å². The molecular weight excluding hydrogens is 532 g/mol. The van der Waals surface area contributed by atoms with Crippen molar-refractivity contribution in [3.05, 3.63) is 106 Å². The average Bonchev–Trinajstić information content (AvgIpc) is 2.86. The van der Waals surface area contributed by atoms with E-state index >= 15 is 0 Å². The fourth-order valence-electron chi connectivity index (χ4n) is 3.83. The molecule has 0 aliphatic carbocycles. The number of hydrogen-bond acceptors (Lipinski definition) is 3. The molecule has 6 heteroatoms. The molecule has 1 atom stereocenters. The van der Waals surface area contributed by atoms with Gasteiger partial charge in [-0.15, -0.1) is 11.8 Å². The van der Waals surface area contributed by atoms with Crippen LogP contribution in [0.4, 0.5) is 0 Å². The highest BCUT2D eigenvalue weighted by Crippen LogP contribution is 2.20. The molecular formula is C30H35BrN2O2S. The minimum Gasteiger partial charge on any atom is -0.354 e. The highest BCUT2D eigenvalue weighted by molar-refractivity contribution is 9.10. The van der Waals surface area contributed by atoms with Gasteiger partial charge in [-0.3, -0.25) is 9.59 Å². The minimum atomic E-state index is -0.599. The maximum atomic E-state index is 13.7. The Balaban J connectivity index is 1.83. The van der Waals surface area contributed by atoms with Crippen LogP contribution in [-0.2, 0) is 28.3 Å². The summed E-state index contributed by atoms with van der Waals surface area (Å²) in [6.45, 7) is 7.15. The van der Waals surface area contributed by atoms with Crippen molar-refractivity contribution in [2.75, 3.05) is 12.3 Å². The van der Waals surface area contributed by atoms with E-state index in [9.17, 15) is 9.59 Å². The summed E-state index contributed by atoms with van der Waals surface area (Å²) in [5, 5.41) is 3.07. The lowest BCUT2D eigenvalue weighted by atomic mass is 10.0. The predicted molar refractivity (Wildman–Crippen MR) is 154 cm³/mol. The molecule has 4 nitrogen and oxygen atoms in total. The zero-order valence-corrected chi connectivity index (χ0v) is 23.6. The number of thioether (sulfide) groups is 1. The van der Waals surface area contributed by atoms with E-state index < -0.39 is 6.04 Å². The Hall–Kier alpha value is -2.57. The van der Waals surface area contributed by atoms with Crippen molar-refractivity contribution in [1.29, 1.82) is 0 Å². The Bertz CT molecular complexity index is 1120. The normalized spacial score (nSPS) is 11.8. The summed E-state index contributed by atoms with van der Waals surface area (Å²) < 4.78 is 0.949. The van der Waals surface area contributed by atoms with Gasteiger partial charge in [0.25, 0.3) is 0 Å². The Morgan fingerprint density at radius 3 is 2.28 bits per heavy atom.